The molecule has 1 saturated heterocycles. The highest BCUT2D eigenvalue weighted by Gasteiger charge is 2.44. The normalized spacial score (nSPS) is 45.7. The second kappa shape index (κ2) is 2.77. The van der Waals surface area contributed by atoms with Crippen molar-refractivity contribution >= 4 is 17.6 Å². The molecule has 0 saturated carbocycles. The quantitative estimate of drug-likeness (QED) is 0.326. The molecule has 0 spiro atoms. The molecule has 2 rings (SSSR count). The maximum Gasteiger partial charge on any atom is 0.311 e. The van der Waals surface area contributed by atoms with Crippen LogP contribution in [0.3, 0.4) is 0 Å². The fourth-order valence-corrected chi connectivity index (χ4v) is 2.22. The van der Waals surface area contributed by atoms with Gasteiger partial charge in [-0.25, -0.2) is 0 Å². The Hall–Kier alpha value is -0.500. The number of alkyl halides is 1. The molecule has 0 aromatic heterocycles. The molecule has 0 amide bonds. The largest absolute Gasteiger partial charge is 0.465 e. The average molecular weight is 187 g/mol. The third-order valence-electron chi connectivity index (χ3n) is 2.66. The highest BCUT2D eigenvalue weighted by Crippen LogP contribution is 2.37. The second-order valence-electron chi connectivity index (χ2n) is 3.51. The molecule has 3 heteroatoms. The van der Waals surface area contributed by atoms with E-state index in [4.69, 9.17) is 16.3 Å². The van der Waals surface area contributed by atoms with Crippen LogP contribution in [0.25, 0.3) is 0 Å². The van der Waals surface area contributed by atoms with E-state index in [-0.39, 0.29) is 29.1 Å². The molecule has 12 heavy (non-hydrogen) atoms. The van der Waals surface area contributed by atoms with Crippen LogP contribution in [0.4, 0.5) is 0 Å². The van der Waals surface area contributed by atoms with Gasteiger partial charge in [-0.05, 0) is 5.92 Å². The molecule has 0 bridgehead atoms. The number of cyclic esters (lactones) is 1. The summed E-state index contributed by atoms with van der Waals surface area (Å²) in [6.45, 7) is 2.53. The van der Waals surface area contributed by atoms with E-state index in [0.717, 1.165) is 0 Å². The van der Waals surface area contributed by atoms with Gasteiger partial charge in [0, 0.05) is 5.92 Å². The zero-order valence-electron chi connectivity index (χ0n) is 6.87. The van der Waals surface area contributed by atoms with Gasteiger partial charge < -0.3 is 4.74 Å². The minimum absolute atomic E-state index is 0.0880. The van der Waals surface area contributed by atoms with E-state index in [1.807, 2.05) is 6.92 Å². The van der Waals surface area contributed by atoms with Gasteiger partial charge in [-0.3, -0.25) is 4.79 Å². The summed E-state index contributed by atoms with van der Waals surface area (Å²) < 4.78 is 4.94. The lowest BCUT2D eigenvalue weighted by Gasteiger charge is -2.26. The van der Waals surface area contributed by atoms with Gasteiger partial charge >= 0.3 is 5.97 Å². The SMILES string of the molecule is C[C@@H]1C=C[C@@H]2COC(=O)[C@H]2[C@@H]1Cl. The van der Waals surface area contributed by atoms with Gasteiger partial charge in [0.15, 0.2) is 0 Å². The maximum atomic E-state index is 11.2. The lowest BCUT2D eigenvalue weighted by molar-refractivity contribution is -0.141. The molecule has 0 N–H and O–H groups in total. The van der Waals surface area contributed by atoms with Crippen molar-refractivity contribution in [2.45, 2.75) is 12.3 Å². The first-order chi connectivity index (χ1) is 5.70. The number of allylic oxidation sites excluding steroid dienone is 1. The van der Waals surface area contributed by atoms with Crippen molar-refractivity contribution in [1.82, 2.24) is 0 Å². The highest BCUT2D eigenvalue weighted by atomic mass is 35.5. The van der Waals surface area contributed by atoms with Crippen LogP contribution in [0.1, 0.15) is 6.92 Å². The minimum atomic E-state index is -0.129. The van der Waals surface area contributed by atoms with Gasteiger partial charge in [-0.1, -0.05) is 19.1 Å². The summed E-state index contributed by atoms with van der Waals surface area (Å²) in [4.78, 5) is 11.2. The van der Waals surface area contributed by atoms with Crippen molar-refractivity contribution in [3.8, 4) is 0 Å². The summed E-state index contributed by atoms with van der Waals surface area (Å²) in [6.07, 6.45) is 4.12. The van der Waals surface area contributed by atoms with E-state index < -0.39 is 0 Å². The molecule has 0 radical (unpaired) electrons. The molecular formula is C9H11ClO2. The number of carbonyl (C=O) groups is 1. The Morgan fingerprint density at radius 3 is 3.08 bits per heavy atom. The Morgan fingerprint density at radius 2 is 2.33 bits per heavy atom. The molecule has 1 aliphatic carbocycles. The Labute approximate surface area is 76.5 Å². The van der Waals surface area contributed by atoms with Crippen molar-refractivity contribution < 1.29 is 9.53 Å². The van der Waals surface area contributed by atoms with Crippen molar-refractivity contribution in [2.24, 2.45) is 17.8 Å². The monoisotopic (exact) mass is 186 g/mol. The van der Waals surface area contributed by atoms with Gasteiger partial charge in [-0.15, -0.1) is 11.6 Å². The van der Waals surface area contributed by atoms with Crippen LogP contribution in [0.15, 0.2) is 12.2 Å². The number of hydrogen-bond donors (Lipinski definition) is 0. The van der Waals surface area contributed by atoms with Gasteiger partial charge in [0.1, 0.15) is 0 Å². The number of esters is 1. The second-order valence-corrected chi connectivity index (χ2v) is 4.01. The third kappa shape index (κ3) is 1.06. The number of hydrogen-bond acceptors (Lipinski definition) is 2. The summed E-state index contributed by atoms with van der Waals surface area (Å²) in [7, 11) is 0. The average Bonchev–Trinajstić information content (AvgIpc) is 2.41. The lowest BCUT2D eigenvalue weighted by Crippen LogP contribution is -2.32. The minimum Gasteiger partial charge on any atom is -0.465 e. The molecule has 66 valence electrons. The molecule has 1 heterocycles. The van der Waals surface area contributed by atoms with Crippen molar-refractivity contribution in [2.75, 3.05) is 6.61 Å². The summed E-state index contributed by atoms with van der Waals surface area (Å²) in [5.74, 6) is 0.262. The fraction of sp³-hybridized carbons (Fsp3) is 0.667. The van der Waals surface area contributed by atoms with Gasteiger partial charge in [0.2, 0.25) is 0 Å². The van der Waals surface area contributed by atoms with E-state index in [9.17, 15) is 4.79 Å². The fourth-order valence-electron chi connectivity index (χ4n) is 1.85. The van der Waals surface area contributed by atoms with Crippen LogP contribution in [0, 0.1) is 17.8 Å². The lowest BCUT2D eigenvalue weighted by atomic mass is 9.81. The summed E-state index contributed by atoms with van der Waals surface area (Å²) in [6, 6.07) is 0. The molecule has 2 nitrogen and oxygen atoms in total. The van der Waals surface area contributed by atoms with E-state index in [2.05, 4.69) is 12.2 Å². The molecule has 4 atom stereocenters. The Kier molecular flexibility index (Phi) is 1.87. The third-order valence-corrected chi connectivity index (χ3v) is 3.33. The highest BCUT2D eigenvalue weighted by molar-refractivity contribution is 6.22. The van der Waals surface area contributed by atoms with Crippen LogP contribution >= 0.6 is 11.6 Å². The first-order valence-corrected chi connectivity index (χ1v) is 4.63. The summed E-state index contributed by atoms with van der Waals surface area (Å²) >= 11 is 6.11. The Balaban J connectivity index is 2.27. The molecule has 0 unspecified atom stereocenters. The first-order valence-electron chi connectivity index (χ1n) is 4.19. The van der Waals surface area contributed by atoms with Gasteiger partial charge in [0.25, 0.3) is 0 Å². The standard InChI is InChI=1S/C9H11ClO2/c1-5-2-3-6-4-12-9(11)7(6)8(5)10/h2-3,5-8H,4H2,1H3/t5-,6-,7-,8-/m1/s1. The van der Waals surface area contributed by atoms with Crippen molar-refractivity contribution in [1.29, 1.82) is 0 Å². The maximum absolute atomic E-state index is 11.2. The predicted molar refractivity (Wildman–Crippen MR) is 45.9 cm³/mol. The van der Waals surface area contributed by atoms with Gasteiger partial charge in [-0.2, -0.15) is 0 Å². The van der Waals surface area contributed by atoms with E-state index in [1.54, 1.807) is 0 Å². The predicted octanol–water partition coefficient (Wildman–Crippen LogP) is 1.59. The van der Waals surface area contributed by atoms with Crippen LogP contribution in [0.2, 0.25) is 0 Å². The number of fused-ring (bicyclic) bond motifs is 1. The van der Waals surface area contributed by atoms with Crippen molar-refractivity contribution in [3.63, 3.8) is 0 Å². The first kappa shape index (κ1) is 8.11. The molecule has 1 aliphatic heterocycles. The number of rotatable bonds is 0. The Bertz CT molecular complexity index is 237. The smallest absolute Gasteiger partial charge is 0.311 e. The van der Waals surface area contributed by atoms with Crippen molar-refractivity contribution in [3.05, 3.63) is 12.2 Å². The molecular weight excluding hydrogens is 176 g/mol. The molecule has 1 fully saturated rings. The zero-order chi connectivity index (χ0) is 8.72. The topological polar surface area (TPSA) is 26.3 Å². The van der Waals surface area contributed by atoms with Gasteiger partial charge in [0.05, 0.1) is 17.9 Å². The summed E-state index contributed by atoms with van der Waals surface area (Å²) in [5, 5.41) is -0.0880. The number of carbonyl (C=O) groups excluding carboxylic acids is 1. The zero-order valence-corrected chi connectivity index (χ0v) is 7.62. The number of halogens is 1. The molecule has 0 aromatic carbocycles. The van der Waals surface area contributed by atoms with Crippen LogP contribution < -0.4 is 0 Å². The number of ether oxygens (including phenoxy) is 1. The van der Waals surface area contributed by atoms with E-state index in [0.29, 0.717) is 6.61 Å². The Morgan fingerprint density at radius 1 is 1.58 bits per heavy atom. The van der Waals surface area contributed by atoms with E-state index >= 15 is 0 Å². The van der Waals surface area contributed by atoms with E-state index in [1.165, 1.54) is 0 Å². The molecule has 0 aromatic rings. The summed E-state index contributed by atoms with van der Waals surface area (Å²) in [5.41, 5.74) is 0. The van der Waals surface area contributed by atoms with Crippen LogP contribution in [0.5, 0.6) is 0 Å². The molecule has 2 aliphatic rings. The van der Waals surface area contributed by atoms with Crippen LogP contribution in [-0.2, 0) is 9.53 Å². The van der Waals surface area contributed by atoms with Crippen LogP contribution in [-0.4, -0.2) is 18.0 Å².